The first kappa shape index (κ1) is 9.59. The van der Waals surface area contributed by atoms with Crippen LogP contribution >= 0.6 is 0 Å². The van der Waals surface area contributed by atoms with E-state index >= 15 is 0 Å². The molecule has 1 aliphatic carbocycles. The lowest BCUT2D eigenvalue weighted by molar-refractivity contribution is 0.291. The molecule has 0 bridgehead atoms. The number of hydrogen-bond donors (Lipinski definition) is 1. The van der Waals surface area contributed by atoms with E-state index in [0.29, 0.717) is 0 Å². The number of hydrogen-bond acceptors (Lipinski definition) is 3. The normalized spacial score (nSPS) is 16.6. The molecule has 0 unspecified atom stereocenters. The molecule has 3 nitrogen and oxygen atoms in total. The van der Waals surface area contributed by atoms with Crippen LogP contribution in [0.4, 0.5) is 0 Å². The number of nitrogens with zero attached hydrogens (tertiary/aromatic N) is 2. The van der Waals surface area contributed by atoms with Crippen molar-refractivity contribution in [2.24, 2.45) is 5.92 Å². The lowest BCUT2D eigenvalue weighted by Crippen LogP contribution is -2.21. The summed E-state index contributed by atoms with van der Waals surface area (Å²) >= 11 is 0. The van der Waals surface area contributed by atoms with Gasteiger partial charge in [-0.1, -0.05) is 19.3 Å². The molecule has 3 heteroatoms. The third kappa shape index (κ3) is 2.77. The lowest BCUT2D eigenvalue weighted by atomic mass is 9.83. The molecule has 0 saturated heterocycles. The summed E-state index contributed by atoms with van der Waals surface area (Å²) in [6.07, 6.45) is 9.19. The highest BCUT2D eigenvalue weighted by atomic mass is 14.9. The van der Waals surface area contributed by atoms with E-state index in [2.05, 4.69) is 15.3 Å². The quantitative estimate of drug-likeness (QED) is 0.721. The van der Waals surface area contributed by atoms with Crippen LogP contribution in [0.5, 0.6) is 0 Å². The lowest BCUT2D eigenvalue weighted by Gasteiger charge is -2.25. The van der Waals surface area contributed by atoms with E-state index in [4.69, 9.17) is 0 Å². The molecule has 0 amide bonds. The predicted molar refractivity (Wildman–Crippen MR) is 55.7 cm³/mol. The Morgan fingerprint density at radius 1 is 1.29 bits per heavy atom. The van der Waals surface area contributed by atoms with Crippen LogP contribution in [0.15, 0.2) is 18.5 Å². The van der Waals surface area contributed by atoms with Crippen molar-refractivity contribution >= 4 is 0 Å². The molecule has 2 rings (SSSR count). The Morgan fingerprint density at radius 2 is 2.07 bits per heavy atom. The van der Waals surface area contributed by atoms with E-state index in [1.165, 1.54) is 25.7 Å². The van der Waals surface area contributed by atoms with Gasteiger partial charge in [0.2, 0.25) is 0 Å². The predicted octanol–water partition coefficient (Wildman–Crippen LogP) is 1.76. The molecule has 76 valence electrons. The van der Waals surface area contributed by atoms with Gasteiger partial charge in [0.15, 0.2) is 0 Å². The van der Waals surface area contributed by atoms with Gasteiger partial charge < -0.3 is 5.32 Å². The molecule has 1 aromatic heterocycles. The topological polar surface area (TPSA) is 37.8 Å². The zero-order valence-corrected chi connectivity index (χ0v) is 8.45. The molecule has 1 aromatic rings. The Morgan fingerprint density at radius 3 is 2.71 bits per heavy atom. The van der Waals surface area contributed by atoms with Gasteiger partial charge in [-0.2, -0.15) is 0 Å². The summed E-state index contributed by atoms with van der Waals surface area (Å²) in [5.41, 5.74) is 0. The SMILES string of the molecule is c1cnc(CNCCC2CCC2)nc1. The van der Waals surface area contributed by atoms with Crippen molar-refractivity contribution in [1.29, 1.82) is 0 Å². The molecule has 1 aliphatic rings. The van der Waals surface area contributed by atoms with Crippen LogP contribution in [0.25, 0.3) is 0 Å². The molecular formula is C11H17N3. The first-order valence-electron chi connectivity index (χ1n) is 5.42. The highest BCUT2D eigenvalue weighted by molar-refractivity contribution is 4.87. The van der Waals surface area contributed by atoms with E-state index in [9.17, 15) is 0 Å². The molecule has 14 heavy (non-hydrogen) atoms. The molecule has 0 atom stereocenters. The second kappa shape index (κ2) is 5.05. The summed E-state index contributed by atoms with van der Waals surface area (Å²) < 4.78 is 0. The standard InChI is InChI=1S/C11H17N3/c1-3-10(4-1)5-8-12-9-11-13-6-2-7-14-11/h2,6-7,10,12H,1,3-5,8-9H2. The Hall–Kier alpha value is -0.960. The van der Waals surface area contributed by atoms with E-state index < -0.39 is 0 Å². The fourth-order valence-corrected chi connectivity index (χ4v) is 1.71. The van der Waals surface area contributed by atoms with Crippen LogP contribution in [-0.4, -0.2) is 16.5 Å². The summed E-state index contributed by atoms with van der Waals surface area (Å²) in [6, 6.07) is 1.85. The Kier molecular flexibility index (Phi) is 3.46. The third-order valence-corrected chi connectivity index (χ3v) is 2.86. The van der Waals surface area contributed by atoms with Gasteiger partial charge >= 0.3 is 0 Å². The van der Waals surface area contributed by atoms with Gasteiger partial charge in [0.05, 0.1) is 6.54 Å². The monoisotopic (exact) mass is 191 g/mol. The molecule has 1 N–H and O–H groups in total. The smallest absolute Gasteiger partial charge is 0.141 e. The van der Waals surface area contributed by atoms with Gasteiger partial charge in [-0.15, -0.1) is 0 Å². The average Bonchev–Trinajstić information content (AvgIpc) is 2.16. The van der Waals surface area contributed by atoms with Crippen molar-refractivity contribution in [2.75, 3.05) is 6.54 Å². The van der Waals surface area contributed by atoms with Crippen LogP contribution in [0, 0.1) is 5.92 Å². The first-order valence-corrected chi connectivity index (χ1v) is 5.42. The van der Waals surface area contributed by atoms with E-state index in [-0.39, 0.29) is 0 Å². The second-order valence-corrected chi connectivity index (χ2v) is 3.93. The highest BCUT2D eigenvalue weighted by Gasteiger charge is 2.16. The zero-order valence-electron chi connectivity index (χ0n) is 8.45. The first-order chi connectivity index (χ1) is 6.95. The minimum atomic E-state index is 0.799. The second-order valence-electron chi connectivity index (χ2n) is 3.93. The van der Waals surface area contributed by atoms with Gasteiger partial charge in [0.1, 0.15) is 5.82 Å². The summed E-state index contributed by atoms with van der Waals surface area (Å²) in [5.74, 6) is 1.88. The van der Waals surface area contributed by atoms with Crippen molar-refractivity contribution in [3.05, 3.63) is 24.3 Å². The number of nitrogens with one attached hydrogen (secondary N) is 1. The Labute approximate surface area is 85.0 Å². The van der Waals surface area contributed by atoms with Gasteiger partial charge in [0.25, 0.3) is 0 Å². The molecule has 1 saturated carbocycles. The number of aromatic nitrogens is 2. The van der Waals surface area contributed by atoms with Gasteiger partial charge in [-0.25, -0.2) is 9.97 Å². The Bertz CT molecular complexity index is 256. The van der Waals surface area contributed by atoms with Crippen molar-refractivity contribution in [2.45, 2.75) is 32.2 Å². The zero-order chi connectivity index (χ0) is 9.64. The maximum absolute atomic E-state index is 4.16. The molecular weight excluding hydrogens is 174 g/mol. The van der Waals surface area contributed by atoms with Gasteiger partial charge in [0, 0.05) is 12.4 Å². The van der Waals surface area contributed by atoms with E-state index in [1.807, 2.05) is 6.07 Å². The van der Waals surface area contributed by atoms with Crippen LogP contribution < -0.4 is 5.32 Å². The molecule has 0 aromatic carbocycles. The minimum absolute atomic E-state index is 0.799. The van der Waals surface area contributed by atoms with E-state index in [0.717, 1.165) is 24.8 Å². The van der Waals surface area contributed by atoms with Crippen molar-refractivity contribution in [3.8, 4) is 0 Å². The highest BCUT2D eigenvalue weighted by Crippen LogP contribution is 2.28. The number of rotatable bonds is 5. The van der Waals surface area contributed by atoms with Crippen molar-refractivity contribution < 1.29 is 0 Å². The van der Waals surface area contributed by atoms with Crippen LogP contribution in [0.2, 0.25) is 0 Å². The molecule has 0 radical (unpaired) electrons. The molecule has 1 heterocycles. The van der Waals surface area contributed by atoms with Gasteiger partial charge in [-0.3, -0.25) is 0 Å². The molecule has 1 fully saturated rings. The molecule has 0 aliphatic heterocycles. The maximum atomic E-state index is 4.16. The maximum Gasteiger partial charge on any atom is 0.141 e. The largest absolute Gasteiger partial charge is 0.310 e. The Balaban J connectivity index is 1.58. The van der Waals surface area contributed by atoms with Crippen molar-refractivity contribution in [1.82, 2.24) is 15.3 Å². The minimum Gasteiger partial charge on any atom is -0.310 e. The van der Waals surface area contributed by atoms with Crippen LogP contribution in [-0.2, 0) is 6.54 Å². The fourth-order valence-electron chi connectivity index (χ4n) is 1.71. The van der Waals surface area contributed by atoms with E-state index in [1.54, 1.807) is 12.4 Å². The van der Waals surface area contributed by atoms with Crippen LogP contribution in [0.3, 0.4) is 0 Å². The summed E-state index contributed by atoms with van der Waals surface area (Å²) in [7, 11) is 0. The molecule has 0 spiro atoms. The summed E-state index contributed by atoms with van der Waals surface area (Å²) in [6.45, 7) is 1.90. The van der Waals surface area contributed by atoms with Gasteiger partial charge in [-0.05, 0) is 24.9 Å². The average molecular weight is 191 g/mol. The summed E-state index contributed by atoms with van der Waals surface area (Å²) in [5, 5.41) is 3.38. The summed E-state index contributed by atoms with van der Waals surface area (Å²) in [4.78, 5) is 8.31. The van der Waals surface area contributed by atoms with Crippen LogP contribution in [0.1, 0.15) is 31.5 Å². The third-order valence-electron chi connectivity index (χ3n) is 2.86. The fraction of sp³-hybridized carbons (Fsp3) is 0.636. The van der Waals surface area contributed by atoms with Crippen molar-refractivity contribution in [3.63, 3.8) is 0 Å².